The summed E-state index contributed by atoms with van der Waals surface area (Å²) in [5, 5.41) is 5.44. The second-order valence-electron chi connectivity index (χ2n) is 6.66. The lowest BCUT2D eigenvalue weighted by Gasteiger charge is -2.15. The zero-order valence-corrected chi connectivity index (χ0v) is 16.6. The molecule has 1 atom stereocenters. The lowest BCUT2D eigenvalue weighted by molar-refractivity contribution is -0.885. The van der Waals surface area contributed by atoms with Gasteiger partial charge in [0, 0.05) is 23.9 Å². The summed E-state index contributed by atoms with van der Waals surface area (Å²) in [5.74, 6) is -0.723. The molecule has 0 bridgehead atoms. The van der Waals surface area contributed by atoms with E-state index in [1.165, 1.54) is 7.11 Å². The molecule has 28 heavy (non-hydrogen) atoms. The third kappa shape index (κ3) is 5.65. The maximum atomic E-state index is 12.4. The maximum Gasteiger partial charge on any atom is 0.337 e. The molecule has 0 saturated heterocycles. The summed E-state index contributed by atoms with van der Waals surface area (Å²) < 4.78 is 4.72. The van der Waals surface area contributed by atoms with Crippen LogP contribution >= 0.6 is 0 Å². The minimum atomic E-state index is -0.446. The van der Waals surface area contributed by atoms with Gasteiger partial charge < -0.3 is 20.3 Å². The molecule has 7 nitrogen and oxygen atoms in total. The molecule has 0 saturated carbocycles. The highest BCUT2D eigenvalue weighted by Gasteiger charge is 2.14. The number of aryl methyl sites for hydroxylation is 1. The number of nitrogens with one attached hydrogen (secondary N) is 3. The fraction of sp³-hybridized carbons (Fsp3) is 0.286. The van der Waals surface area contributed by atoms with Gasteiger partial charge in [0.2, 0.25) is 0 Å². The lowest BCUT2D eigenvalue weighted by atomic mass is 10.1. The number of carbonyl (C=O) groups excluding carboxylic acids is 3. The number of methoxy groups -OCH3 is 1. The first-order valence-electron chi connectivity index (χ1n) is 8.95. The van der Waals surface area contributed by atoms with Crippen LogP contribution in [-0.4, -0.2) is 45.5 Å². The van der Waals surface area contributed by atoms with Gasteiger partial charge in [-0.25, -0.2) is 4.79 Å². The average Bonchev–Trinajstić information content (AvgIpc) is 2.68. The third-order valence-corrected chi connectivity index (χ3v) is 4.34. The van der Waals surface area contributed by atoms with Crippen LogP contribution in [0.5, 0.6) is 0 Å². The zero-order chi connectivity index (χ0) is 20.7. The molecular weight excluding hydrogens is 358 g/mol. The molecule has 0 radical (unpaired) electrons. The fourth-order valence-corrected chi connectivity index (χ4v) is 2.80. The second-order valence-corrected chi connectivity index (χ2v) is 6.66. The molecule has 0 fully saturated rings. The highest BCUT2D eigenvalue weighted by molar-refractivity contribution is 5.95. The predicted octanol–water partition coefficient (Wildman–Crippen LogP) is 0.795. The van der Waals surface area contributed by atoms with Crippen LogP contribution in [0.3, 0.4) is 0 Å². The molecule has 148 valence electrons. The molecule has 7 heteroatoms. The Balaban J connectivity index is 1.95. The molecule has 0 spiro atoms. The number of hydrogen-bond donors (Lipinski definition) is 3. The number of amides is 2. The van der Waals surface area contributed by atoms with Crippen LogP contribution in [0.15, 0.2) is 42.5 Å². The van der Waals surface area contributed by atoms with E-state index < -0.39 is 5.97 Å². The Morgan fingerprint density at radius 3 is 2.29 bits per heavy atom. The predicted molar refractivity (Wildman–Crippen MR) is 106 cm³/mol. The number of quaternary nitrogens is 1. The van der Waals surface area contributed by atoms with Crippen LogP contribution < -0.4 is 15.5 Å². The second kappa shape index (κ2) is 9.66. The van der Waals surface area contributed by atoms with E-state index in [-0.39, 0.29) is 18.4 Å². The maximum absolute atomic E-state index is 12.4. The van der Waals surface area contributed by atoms with Gasteiger partial charge in [-0.1, -0.05) is 18.2 Å². The average molecular weight is 384 g/mol. The van der Waals surface area contributed by atoms with E-state index in [2.05, 4.69) is 10.6 Å². The van der Waals surface area contributed by atoms with Gasteiger partial charge in [-0.05, 0) is 36.8 Å². The van der Waals surface area contributed by atoms with Crippen molar-refractivity contribution < 1.29 is 24.0 Å². The third-order valence-electron chi connectivity index (χ3n) is 4.34. The van der Waals surface area contributed by atoms with Crippen molar-refractivity contribution in [1.82, 2.24) is 5.32 Å². The van der Waals surface area contributed by atoms with Gasteiger partial charge in [-0.3, -0.25) is 9.59 Å². The fourth-order valence-electron chi connectivity index (χ4n) is 2.80. The highest BCUT2D eigenvalue weighted by Crippen LogP contribution is 2.17. The van der Waals surface area contributed by atoms with Crippen LogP contribution in [0.2, 0.25) is 0 Å². The van der Waals surface area contributed by atoms with E-state index in [0.717, 1.165) is 16.0 Å². The molecule has 0 heterocycles. The van der Waals surface area contributed by atoms with Gasteiger partial charge in [0.25, 0.3) is 11.8 Å². The van der Waals surface area contributed by atoms with Crippen LogP contribution in [-0.2, 0) is 16.1 Å². The minimum Gasteiger partial charge on any atom is -0.465 e. The summed E-state index contributed by atoms with van der Waals surface area (Å²) in [7, 11) is 4.83. The van der Waals surface area contributed by atoms with Crippen molar-refractivity contribution in [2.75, 3.05) is 33.1 Å². The largest absolute Gasteiger partial charge is 0.465 e. The lowest BCUT2D eigenvalue weighted by Crippen LogP contribution is -3.08. The summed E-state index contributed by atoms with van der Waals surface area (Å²) in [6.07, 6.45) is 0. The SMILES string of the molecule is CNC(=O)c1ccc(C[NH+](C)CC(=O)Nc2cc(C(=O)OC)ccc2C)cc1. The Labute approximate surface area is 164 Å². The molecule has 0 aliphatic heterocycles. The zero-order valence-electron chi connectivity index (χ0n) is 16.6. The standard InChI is InChI=1S/C21H25N3O4/c1-14-5-8-17(21(27)28-4)11-18(14)23-19(25)13-24(3)12-15-6-9-16(10-7-15)20(26)22-2/h5-11H,12-13H2,1-4H3,(H,22,26)(H,23,25)/p+1. The Hall–Kier alpha value is -3.19. The number of hydrogen-bond acceptors (Lipinski definition) is 4. The van der Waals surface area contributed by atoms with Crippen molar-refractivity contribution in [1.29, 1.82) is 0 Å². The first-order chi connectivity index (χ1) is 13.3. The number of rotatable bonds is 7. The van der Waals surface area contributed by atoms with Gasteiger partial charge in [0.05, 0.1) is 19.7 Å². The molecule has 0 aromatic heterocycles. The van der Waals surface area contributed by atoms with Crippen molar-refractivity contribution in [3.63, 3.8) is 0 Å². The van der Waals surface area contributed by atoms with Crippen molar-refractivity contribution in [3.05, 3.63) is 64.7 Å². The van der Waals surface area contributed by atoms with E-state index in [4.69, 9.17) is 4.74 Å². The number of benzene rings is 2. The highest BCUT2D eigenvalue weighted by atomic mass is 16.5. The molecule has 0 aliphatic carbocycles. The Morgan fingerprint density at radius 1 is 1.04 bits per heavy atom. The monoisotopic (exact) mass is 384 g/mol. The Bertz CT molecular complexity index is 862. The van der Waals surface area contributed by atoms with Crippen molar-refractivity contribution in [2.24, 2.45) is 0 Å². The van der Waals surface area contributed by atoms with Gasteiger partial charge in [-0.15, -0.1) is 0 Å². The number of likely N-dealkylation sites (N-methyl/N-ethyl adjacent to an activating group) is 1. The molecule has 2 aromatic carbocycles. The number of esters is 1. The Morgan fingerprint density at radius 2 is 1.68 bits per heavy atom. The van der Waals surface area contributed by atoms with E-state index in [0.29, 0.717) is 23.4 Å². The van der Waals surface area contributed by atoms with E-state index in [9.17, 15) is 14.4 Å². The van der Waals surface area contributed by atoms with Gasteiger partial charge in [0.15, 0.2) is 6.54 Å². The Kier molecular flexibility index (Phi) is 7.28. The smallest absolute Gasteiger partial charge is 0.337 e. The summed E-state index contributed by atoms with van der Waals surface area (Å²) in [6.45, 7) is 2.77. The molecule has 2 amide bonds. The van der Waals surface area contributed by atoms with Crippen LogP contribution in [0.25, 0.3) is 0 Å². The molecule has 1 unspecified atom stereocenters. The number of ether oxygens (including phenoxy) is 1. The summed E-state index contributed by atoms with van der Waals surface area (Å²) >= 11 is 0. The topological polar surface area (TPSA) is 88.9 Å². The van der Waals surface area contributed by atoms with E-state index >= 15 is 0 Å². The summed E-state index contributed by atoms with van der Waals surface area (Å²) in [5.41, 5.74) is 3.48. The minimum absolute atomic E-state index is 0.129. The van der Waals surface area contributed by atoms with Crippen LogP contribution in [0, 0.1) is 6.92 Å². The van der Waals surface area contributed by atoms with Crippen molar-refractivity contribution in [2.45, 2.75) is 13.5 Å². The first kappa shape index (κ1) is 21.1. The summed E-state index contributed by atoms with van der Waals surface area (Å²) in [4.78, 5) is 36.6. The summed E-state index contributed by atoms with van der Waals surface area (Å²) in [6, 6.07) is 12.4. The molecule has 2 aromatic rings. The molecular formula is C21H26N3O4+. The van der Waals surface area contributed by atoms with Crippen LogP contribution in [0.4, 0.5) is 5.69 Å². The number of anilines is 1. The molecule has 0 aliphatic rings. The normalized spacial score (nSPS) is 11.4. The van der Waals surface area contributed by atoms with Crippen molar-refractivity contribution >= 4 is 23.5 Å². The van der Waals surface area contributed by atoms with Crippen LogP contribution in [0.1, 0.15) is 31.8 Å². The van der Waals surface area contributed by atoms with Gasteiger partial charge >= 0.3 is 5.97 Å². The number of carbonyl (C=O) groups is 3. The van der Waals surface area contributed by atoms with Gasteiger partial charge in [-0.2, -0.15) is 0 Å². The quantitative estimate of drug-likeness (QED) is 0.616. The van der Waals surface area contributed by atoms with Crippen molar-refractivity contribution in [3.8, 4) is 0 Å². The molecule has 2 rings (SSSR count). The van der Waals surface area contributed by atoms with E-state index in [1.807, 2.05) is 26.1 Å². The van der Waals surface area contributed by atoms with Gasteiger partial charge in [0.1, 0.15) is 6.54 Å². The first-order valence-corrected chi connectivity index (χ1v) is 8.95. The van der Waals surface area contributed by atoms with E-state index in [1.54, 1.807) is 37.4 Å². The molecule has 3 N–H and O–H groups in total.